The van der Waals surface area contributed by atoms with E-state index in [0.717, 1.165) is 25.4 Å². The monoisotopic (exact) mass is 155 g/mol. The van der Waals surface area contributed by atoms with Crippen molar-refractivity contribution < 1.29 is 29.6 Å². The summed E-state index contributed by atoms with van der Waals surface area (Å²) in [6, 6.07) is 0. The van der Waals surface area contributed by atoms with E-state index in [2.05, 4.69) is 18.7 Å². The van der Waals surface area contributed by atoms with Crippen LogP contribution < -0.4 is 29.6 Å². The molecule has 0 aliphatic carbocycles. The van der Waals surface area contributed by atoms with E-state index in [1.807, 2.05) is 0 Å². The molecule has 0 unspecified atom stereocenters. The van der Waals surface area contributed by atoms with E-state index in [1.54, 1.807) is 0 Å². The van der Waals surface area contributed by atoms with Crippen LogP contribution in [0.15, 0.2) is 0 Å². The molecule has 1 nitrogen and oxygen atoms in total. The average molecular weight is 155 g/mol. The van der Waals surface area contributed by atoms with Crippen LogP contribution in [0.3, 0.4) is 0 Å². The van der Waals surface area contributed by atoms with Crippen molar-refractivity contribution in [1.82, 2.24) is 4.90 Å². The van der Waals surface area contributed by atoms with E-state index < -0.39 is 0 Å². The zero-order chi connectivity index (χ0) is 6.41. The van der Waals surface area contributed by atoms with Crippen LogP contribution in [0, 0.1) is 0 Å². The van der Waals surface area contributed by atoms with Gasteiger partial charge in [0.25, 0.3) is 0 Å². The largest absolute Gasteiger partial charge is 1.00 e. The number of hydrogen-bond acceptors (Lipinski definition) is 2. The summed E-state index contributed by atoms with van der Waals surface area (Å²) in [5.41, 5.74) is 0. The van der Waals surface area contributed by atoms with Gasteiger partial charge in [-0.2, -0.15) is 5.75 Å². The summed E-state index contributed by atoms with van der Waals surface area (Å²) in [5, 5.41) is 0. The second-order valence-corrected chi connectivity index (χ2v) is 2.14. The summed E-state index contributed by atoms with van der Waals surface area (Å²) >= 11 is 4.82. The first-order valence-electron chi connectivity index (χ1n) is 3.15. The van der Waals surface area contributed by atoms with Crippen molar-refractivity contribution >= 4 is 12.6 Å². The van der Waals surface area contributed by atoms with Crippen LogP contribution in [0.25, 0.3) is 0 Å². The fourth-order valence-electron chi connectivity index (χ4n) is 0.669. The van der Waals surface area contributed by atoms with Crippen molar-refractivity contribution in [3.05, 3.63) is 0 Å². The summed E-state index contributed by atoms with van der Waals surface area (Å²) in [5.74, 6) is 0.863. The van der Waals surface area contributed by atoms with Gasteiger partial charge in [0.2, 0.25) is 0 Å². The standard InChI is InChI=1S/C6H15NS.Na/c1-3-7(4-2)5-6-8;/h8H,3-6H2,1-2H3;/q;+1/p-1. The fraction of sp³-hybridized carbons (Fsp3) is 1.00. The Kier molecular flexibility index (Phi) is 13.4. The first-order valence-corrected chi connectivity index (χ1v) is 3.73. The smallest absolute Gasteiger partial charge is 0.791 e. The predicted molar refractivity (Wildman–Crippen MR) is 40.0 cm³/mol. The summed E-state index contributed by atoms with van der Waals surface area (Å²) in [7, 11) is 0. The molecule has 0 heterocycles. The molecular formula is C6H14NNaS. The third-order valence-electron chi connectivity index (χ3n) is 1.30. The molecule has 0 spiro atoms. The molecule has 0 N–H and O–H groups in total. The maximum absolute atomic E-state index is 4.82. The number of nitrogens with zero attached hydrogens (tertiary/aromatic N) is 1. The minimum absolute atomic E-state index is 0. The Bertz CT molecular complexity index is 48.3. The zero-order valence-electron chi connectivity index (χ0n) is 6.68. The van der Waals surface area contributed by atoms with E-state index in [-0.39, 0.29) is 29.6 Å². The molecule has 0 amide bonds. The molecule has 0 aliphatic rings. The van der Waals surface area contributed by atoms with Gasteiger partial charge in [0.15, 0.2) is 0 Å². The summed E-state index contributed by atoms with van der Waals surface area (Å²) in [6.45, 7) is 7.66. The molecule has 0 saturated carbocycles. The van der Waals surface area contributed by atoms with Crippen LogP contribution in [0.2, 0.25) is 0 Å². The second-order valence-electron chi connectivity index (χ2n) is 1.73. The Morgan fingerprint density at radius 1 is 1.22 bits per heavy atom. The molecule has 0 aromatic rings. The van der Waals surface area contributed by atoms with E-state index in [1.165, 1.54) is 0 Å². The van der Waals surface area contributed by atoms with Gasteiger partial charge < -0.3 is 17.5 Å². The minimum atomic E-state index is 0. The Morgan fingerprint density at radius 2 is 1.67 bits per heavy atom. The van der Waals surface area contributed by atoms with Gasteiger partial charge in [-0.05, 0) is 19.6 Å². The van der Waals surface area contributed by atoms with E-state index in [9.17, 15) is 0 Å². The van der Waals surface area contributed by atoms with Gasteiger partial charge in [0, 0.05) is 0 Å². The number of hydrogen-bond donors (Lipinski definition) is 0. The van der Waals surface area contributed by atoms with E-state index in [4.69, 9.17) is 12.6 Å². The van der Waals surface area contributed by atoms with Gasteiger partial charge in [-0.1, -0.05) is 13.8 Å². The average Bonchev–Trinajstić information content (AvgIpc) is 1.83. The normalized spacial score (nSPS) is 9.33. The van der Waals surface area contributed by atoms with Crippen LogP contribution in [-0.4, -0.2) is 30.3 Å². The molecule has 0 aromatic carbocycles. The van der Waals surface area contributed by atoms with Gasteiger partial charge in [0.05, 0.1) is 0 Å². The molecule has 0 saturated heterocycles. The first kappa shape index (κ1) is 12.9. The Morgan fingerprint density at radius 3 is 1.78 bits per heavy atom. The van der Waals surface area contributed by atoms with Crippen molar-refractivity contribution in [3.63, 3.8) is 0 Å². The summed E-state index contributed by atoms with van der Waals surface area (Å²) < 4.78 is 0. The van der Waals surface area contributed by atoms with Gasteiger partial charge in [-0.3, -0.25) is 0 Å². The molecule has 0 atom stereocenters. The van der Waals surface area contributed by atoms with Gasteiger partial charge in [-0.15, -0.1) is 0 Å². The van der Waals surface area contributed by atoms with Crippen LogP contribution in [-0.2, 0) is 12.6 Å². The van der Waals surface area contributed by atoms with Crippen LogP contribution >= 0.6 is 0 Å². The molecule has 0 radical (unpaired) electrons. The molecule has 0 rings (SSSR count). The van der Waals surface area contributed by atoms with E-state index >= 15 is 0 Å². The number of rotatable bonds is 4. The minimum Gasteiger partial charge on any atom is -0.791 e. The van der Waals surface area contributed by atoms with Crippen LogP contribution in [0.4, 0.5) is 0 Å². The van der Waals surface area contributed by atoms with Crippen molar-refractivity contribution in [2.24, 2.45) is 0 Å². The predicted octanol–water partition coefficient (Wildman–Crippen LogP) is -2.12. The van der Waals surface area contributed by atoms with Gasteiger partial charge in [-0.25, -0.2) is 0 Å². The third-order valence-corrected chi connectivity index (χ3v) is 1.48. The van der Waals surface area contributed by atoms with Gasteiger partial charge >= 0.3 is 29.6 Å². The molecule has 3 heteroatoms. The Balaban J connectivity index is 0. The van der Waals surface area contributed by atoms with Crippen molar-refractivity contribution in [2.45, 2.75) is 13.8 Å². The molecule has 50 valence electrons. The zero-order valence-corrected chi connectivity index (χ0v) is 9.50. The molecule has 0 fully saturated rings. The van der Waals surface area contributed by atoms with E-state index in [0.29, 0.717) is 0 Å². The molecule has 0 aliphatic heterocycles. The molecule has 9 heavy (non-hydrogen) atoms. The topological polar surface area (TPSA) is 3.24 Å². The quantitative estimate of drug-likeness (QED) is 0.337. The third kappa shape index (κ3) is 7.20. The van der Waals surface area contributed by atoms with Crippen molar-refractivity contribution in [1.29, 1.82) is 0 Å². The Labute approximate surface area is 85.9 Å². The fourth-order valence-corrected chi connectivity index (χ4v) is 0.927. The van der Waals surface area contributed by atoms with Crippen LogP contribution in [0.1, 0.15) is 13.8 Å². The Hall–Kier alpha value is 1.31. The van der Waals surface area contributed by atoms with Crippen LogP contribution in [0.5, 0.6) is 0 Å². The molecule has 0 bridgehead atoms. The molecule has 0 aromatic heterocycles. The van der Waals surface area contributed by atoms with Gasteiger partial charge in [0.1, 0.15) is 0 Å². The van der Waals surface area contributed by atoms with Crippen molar-refractivity contribution in [3.8, 4) is 0 Å². The maximum atomic E-state index is 4.82. The summed E-state index contributed by atoms with van der Waals surface area (Å²) in [4.78, 5) is 2.33. The maximum Gasteiger partial charge on any atom is 1.00 e. The second kappa shape index (κ2) is 9.31. The first-order chi connectivity index (χ1) is 3.85. The SMILES string of the molecule is CCN(CC)CC[S-].[Na+]. The summed E-state index contributed by atoms with van der Waals surface area (Å²) in [6.07, 6.45) is 0. The van der Waals surface area contributed by atoms with Crippen molar-refractivity contribution in [2.75, 3.05) is 25.4 Å². The molecular weight excluding hydrogens is 141 g/mol.